The molecule has 0 bridgehead atoms. The van der Waals surface area contributed by atoms with Gasteiger partial charge in [-0.1, -0.05) is 12.1 Å². The number of carbonyl (C=O) groups is 1. The Bertz CT molecular complexity index is 1320. The highest BCUT2D eigenvalue weighted by Gasteiger charge is 2.42. The molecule has 0 unspecified atom stereocenters. The first kappa shape index (κ1) is 21.6. The van der Waals surface area contributed by atoms with Gasteiger partial charge in [0, 0.05) is 40.3 Å². The smallest absolute Gasteiger partial charge is 0.418 e. The lowest BCUT2D eigenvalue weighted by molar-refractivity contribution is -0.189. The fraction of sp³-hybridized carbons (Fsp3) is 0.368. The van der Waals surface area contributed by atoms with Gasteiger partial charge in [0.1, 0.15) is 0 Å². The molecule has 13 heteroatoms. The summed E-state index contributed by atoms with van der Waals surface area (Å²) in [5.74, 6) is -2.55. The minimum atomic E-state index is -5.20. The third-order valence-electron chi connectivity index (χ3n) is 5.18. The number of nitrogens with zero attached hydrogens (tertiary/aromatic N) is 5. The van der Waals surface area contributed by atoms with Crippen LogP contribution in [0.2, 0.25) is 0 Å². The zero-order valence-corrected chi connectivity index (χ0v) is 17.1. The third-order valence-corrected chi connectivity index (χ3v) is 5.18. The fourth-order valence-corrected chi connectivity index (χ4v) is 3.58. The van der Waals surface area contributed by atoms with Gasteiger partial charge in [-0.05, 0) is 12.1 Å². The van der Waals surface area contributed by atoms with Crippen molar-refractivity contribution in [1.29, 1.82) is 0 Å². The van der Waals surface area contributed by atoms with E-state index in [0.717, 1.165) is 4.57 Å². The number of nitrogens with one attached hydrogen (secondary N) is 1. The quantitative estimate of drug-likeness (QED) is 0.450. The van der Waals surface area contributed by atoms with Crippen molar-refractivity contribution in [2.24, 2.45) is 14.1 Å². The summed E-state index contributed by atoms with van der Waals surface area (Å²) in [5.41, 5.74) is -1.25. The summed E-state index contributed by atoms with van der Waals surface area (Å²) in [7, 11) is 2.74. The van der Waals surface area contributed by atoms with Crippen LogP contribution in [0.5, 0.6) is 5.75 Å². The van der Waals surface area contributed by atoms with E-state index in [2.05, 4.69) is 15.0 Å². The van der Waals surface area contributed by atoms with E-state index in [1.807, 2.05) is 4.90 Å². The number of esters is 1. The summed E-state index contributed by atoms with van der Waals surface area (Å²) in [6, 6.07) is 5.54. The maximum atomic E-state index is 13.1. The van der Waals surface area contributed by atoms with Gasteiger partial charge in [0.05, 0.1) is 5.69 Å². The summed E-state index contributed by atoms with van der Waals surface area (Å²) in [6.07, 6.45) is -5.20. The summed E-state index contributed by atoms with van der Waals surface area (Å²) in [4.78, 5) is 43.3. The molecule has 4 rings (SSSR count). The number of hydrogen-bond acceptors (Lipinski definition) is 7. The molecule has 1 aromatic carbocycles. The molecule has 0 atom stereocenters. The zero-order valence-electron chi connectivity index (χ0n) is 17.1. The molecule has 1 saturated heterocycles. The molecule has 1 fully saturated rings. The minimum Gasteiger partial charge on any atom is -0.418 e. The van der Waals surface area contributed by atoms with Gasteiger partial charge >= 0.3 is 17.8 Å². The van der Waals surface area contributed by atoms with E-state index in [1.54, 1.807) is 0 Å². The van der Waals surface area contributed by atoms with E-state index >= 15 is 0 Å². The highest BCUT2D eigenvalue weighted by molar-refractivity contribution is 5.82. The number of carbonyl (C=O) groups excluding carboxylic acids is 1. The van der Waals surface area contributed by atoms with Crippen LogP contribution < -0.4 is 26.2 Å². The second kappa shape index (κ2) is 7.82. The summed E-state index contributed by atoms with van der Waals surface area (Å²) in [5, 5.41) is 3.18. The van der Waals surface area contributed by atoms with E-state index in [1.165, 1.54) is 47.5 Å². The second-order valence-corrected chi connectivity index (χ2v) is 7.22. The predicted octanol–water partition coefficient (Wildman–Crippen LogP) is 0.300. The molecular formula is C19H19F3N6O4. The normalized spacial score (nSPS) is 14.7. The molecular weight excluding hydrogens is 433 g/mol. The van der Waals surface area contributed by atoms with Crippen molar-refractivity contribution in [3.05, 3.63) is 45.1 Å². The molecule has 0 amide bonds. The number of aryl methyl sites for hydroxylation is 1. The molecule has 2 aromatic heterocycles. The van der Waals surface area contributed by atoms with Crippen LogP contribution in [0.25, 0.3) is 16.9 Å². The van der Waals surface area contributed by atoms with Gasteiger partial charge in [0.25, 0.3) is 5.56 Å². The van der Waals surface area contributed by atoms with Crippen LogP contribution in [0.3, 0.4) is 0 Å². The Kier molecular flexibility index (Phi) is 5.28. The number of benzene rings is 1. The average molecular weight is 452 g/mol. The van der Waals surface area contributed by atoms with Crippen molar-refractivity contribution >= 4 is 23.1 Å². The Morgan fingerprint density at radius 2 is 1.75 bits per heavy atom. The fourth-order valence-electron chi connectivity index (χ4n) is 3.58. The van der Waals surface area contributed by atoms with Crippen molar-refractivity contribution in [2.45, 2.75) is 6.18 Å². The first-order chi connectivity index (χ1) is 15.1. The minimum absolute atomic E-state index is 0.0110. The van der Waals surface area contributed by atoms with Crippen molar-refractivity contribution in [3.8, 4) is 11.4 Å². The summed E-state index contributed by atoms with van der Waals surface area (Å²) in [6.45, 7) is 2.24. The Morgan fingerprint density at radius 3 is 2.41 bits per heavy atom. The zero-order chi connectivity index (χ0) is 23.2. The van der Waals surface area contributed by atoms with E-state index in [-0.39, 0.29) is 22.8 Å². The highest BCUT2D eigenvalue weighted by Crippen LogP contribution is 2.32. The molecule has 1 N–H and O–H groups in total. The molecule has 1 aliphatic rings. The lowest BCUT2D eigenvalue weighted by Crippen LogP contribution is -2.44. The van der Waals surface area contributed by atoms with E-state index < -0.39 is 29.1 Å². The van der Waals surface area contributed by atoms with Gasteiger partial charge in [-0.15, -0.1) is 0 Å². The van der Waals surface area contributed by atoms with Crippen molar-refractivity contribution < 1.29 is 22.7 Å². The summed E-state index contributed by atoms with van der Waals surface area (Å²) >= 11 is 0. The SMILES string of the molecule is Cn1c(=O)c2c(nc(N3CCNCC3)n2-c2ccccc2OC(=O)C(F)(F)F)n(C)c1=O. The molecule has 0 radical (unpaired) electrons. The monoisotopic (exact) mass is 452 g/mol. The average Bonchev–Trinajstić information content (AvgIpc) is 3.17. The topological polar surface area (TPSA) is 103 Å². The number of alkyl halides is 3. The Labute approximate surface area is 178 Å². The van der Waals surface area contributed by atoms with Crippen LogP contribution in [0.4, 0.5) is 19.1 Å². The summed E-state index contributed by atoms with van der Waals surface area (Å²) < 4.78 is 46.6. The number of imidazole rings is 1. The number of hydrogen-bond donors (Lipinski definition) is 1. The third kappa shape index (κ3) is 3.53. The van der Waals surface area contributed by atoms with Crippen LogP contribution in [0, 0.1) is 0 Å². The van der Waals surface area contributed by atoms with Crippen LogP contribution >= 0.6 is 0 Å². The van der Waals surface area contributed by atoms with Gasteiger partial charge in [0.2, 0.25) is 5.95 Å². The van der Waals surface area contributed by atoms with E-state index in [4.69, 9.17) is 0 Å². The number of anilines is 1. The molecule has 3 heterocycles. The molecule has 170 valence electrons. The van der Waals surface area contributed by atoms with Gasteiger partial charge in [0.15, 0.2) is 16.9 Å². The first-order valence-corrected chi connectivity index (χ1v) is 9.63. The van der Waals surface area contributed by atoms with Crippen LogP contribution in [0.1, 0.15) is 0 Å². The number of piperazine rings is 1. The highest BCUT2D eigenvalue weighted by atomic mass is 19.4. The Balaban J connectivity index is 2.03. The number of ether oxygens (including phenoxy) is 1. The van der Waals surface area contributed by atoms with Crippen molar-refractivity contribution in [2.75, 3.05) is 31.1 Å². The molecule has 0 saturated carbocycles. The Morgan fingerprint density at radius 1 is 1.09 bits per heavy atom. The van der Waals surface area contributed by atoms with Gasteiger partial charge in [-0.25, -0.2) is 9.59 Å². The first-order valence-electron chi connectivity index (χ1n) is 9.63. The number of rotatable bonds is 3. The molecule has 10 nitrogen and oxygen atoms in total. The second-order valence-electron chi connectivity index (χ2n) is 7.22. The maximum Gasteiger partial charge on any atom is 0.491 e. The van der Waals surface area contributed by atoms with Crippen molar-refractivity contribution in [3.63, 3.8) is 0 Å². The molecule has 32 heavy (non-hydrogen) atoms. The molecule has 0 spiro atoms. The van der Waals surface area contributed by atoms with Crippen LogP contribution in [-0.4, -0.2) is 57.0 Å². The largest absolute Gasteiger partial charge is 0.491 e. The number of fused-ring (bicyclic) bond motifs is 1. The molecule has 1 aliphatic heterocycles. The predicted molar refractivity (Wildman–Crippen MR) is 108 cm³/mol. The number of halogens is 3. The van der Waals surface area contributed by atoms with Gasteiger partial charge in [-0.2, -0.15) is 18.2 Å². The maximum absolute atomic E-state index is 13.1. The van der Waals surface area contributed by atoms with Gasteiger partial charge < -0.3 is 15.0 Å². The van der Waals surface area contributed by atoms with E-state index in [9.17, 15) is 27.6 Å². The lowest BCUT2D eigenvalue weighted by atomic mass is 10.2. The van der Waals surface area contributed by atoms with Crippen LogP contribution in [0.15, 0.2) is 33.9 Å². The Hall–Kier alpha value is -3.61. The van der Waals surface area contributed by atoms with Crippen LogP contribution in [-0.2, 0) is 18.9 Å². The standard InChI is InChI=1S/C19H19F3N6O4/c1-25-14-13(15(29)26(2)18(25)31)28(17(24-14)27-9-7-23-8-10-27)11-5-3-4-6-12(11)32-16(30)19(20,21)22/h3-6,23H,7-10H2,1-2H3. The lowest BCUT2D eigenvalue weighted by Gasteiger charge is -2.29. The van der Waals surface area contributed by atoms with Gasteiger partial charge in [-0.3, -0.25) is 18.5 Å². The molecule has 0 aliphatic carbocycles. The molecule has 3 aromatic rings. The van der Waals surface area contributed by atoms with Crippen molar-refractivity contribution in [1.82, 2.24) is 24.0 Å². The number of aromatic nitrogens is 4. The van der Waals surface area contributed by atoms with E-state index in [0.29, 0.717) is 26.2 Å². The number of para-hydroxylation sites is 2.